The van der Waals surface area contributed by atoms with E-state index in [1.54, 1.807) is 7.11 Å². The van der Waals surface area contributed by atoms with Crippen LogP contribution < -0.4 is 0 Å². The molecule has 2 atom stereocenters. The molecule has 4 heteroatoms. The van der Waals surface area contributed by atoms with E-state index >= 15 is 0 Å². The average Bonchev–Trinajstić information content (AvgIpc) is 2.59. The summed E-state index contributed by atoms with van der Waals surface area (Å²) in [6.45, 7) is 6.76. The number of hydrogen-bond donors (Lipinski definition) is 1. The smallest absolute Gasteiger partial charge is 0.0900 e. The Morgan fingerprint density at radius 1 is 1.47 bits per heavy atom. The van der Waals surface area contributed by atoms with E-state index in [1.165, 1.54) is 6.42 Å². The molecule has 0 radical (unpaired) electrons. The fourth-order valence-electron chi connectivity index (χ4n) is 1.90. The Kier molecular flexibility index (Phi) is 6.17. The van der Waals surface area contributed by atoms with Crippen LogP contribution in [0.5, 0.6) is 0 Å². The molecule has 0 aromatic heterocycles. The molecule has 0 spiro atoms. The summed E-state index contributed by atoms with van der Waals surface area (Å²) in [4.78, 5) is 2.30. The molecule has 15 heavy (non-hydrogen) atoms. The molecular weight excluding hydrogens is 194 g/mol. The van der Waals surface area contributed by atoms with E-state index < -0.39 is 0 Å². The van der Waals surface area contributed by atoms with Gasteiger partial charge in [-0.05, 0) is 18.9 Å². The predicted octanol–water partition coefficient (Wildman–Crippen LogP) is 0.352. The van der Waals surface area contributed by atoms with Gasteiger partial charge in [-0.15, -0.1) is 0 Å². The molecule has 90 valence electrons. The van der Waals surface area contributed by atoms with Crippen molar-refractivity contribution in [1.29, 1.82) is 0 Å². The predicted molar refractivity (Wildman–Crippen MR) is 58.9 cm³/mol. The molecule has 1 saturated heterocycles. The third kappa shape index (κ3) is 5.47. The lowest BCUT2D eigenvalue weighted by Crippen LogP contribution is -2.33. The van der Waals surface area contributed by atoms with Gasteiger partial charge in [0.1, 0.15) is 0 Å². The Balaban J connectivity index is 2.00. The minimum Gasteiger partial charge on any atom is -0.389 e. The van der Waals surface area contributed by atoms with Gasteiger partial charge >= 0.3 is 0 Å². The minimum atomic E-state index is -0.368. The Morgan fingerprint density at radius 2 is 2.27 bits per heavy atom. The van der Waals surface area contributed by atoms with Crippen LogP contribution in [0.1, 0.15) is 13.3 Å². The second-order valence-electron chi connectivity index (χ2n) is 4.37. The van der Waals surface area contributed by atoms with Gasteiger partial charge < -0.3 is 19.5 Å². The molecule has 1 heterocycles. The fraction of sp³-hybridized carbons (Fsp3) is 1.00. The zero-order chi connectivity index (χ0) is 11.1. The summed E-state index contributed by atoms with van der Waals surface area (Å²) in [5.41, 5.74) is 0. The van der Waals surface area contributed by atoms with Gasteiger partial charge in [0.15, 0.2) is 0 Å². The monoisotopic (exact) mass is 217 g/mol. The summed E-state index contributed by atoms with van der Waals surface area (Å²) >= 11 is 0. The van der Waals surface area contributed by atoms with E-state index in [4.69, 9.17) is 9.47 Å². The lowest BCUT2D eigenvalue weighted by molar-refractivity contribution is 0.00182. The molecule has 1 aliphatic heterocycles. The minimum absolute atomic E-state index is 0.368. The second-order valence-corrected chi connectivity index (χ2v) is 4.37. The number of aliphatic hydroxyl groups excluding tert-OH is 1. The maximum atomic E-state index is 9.69. The van der Waals surface area contributed by atoms with Crippen molar-refractivity contribution in [3.63, 3.8) is 0 Å². The van der Waals surface area contributed by atoms with Crippen molar-refractivity contribution in [1.82, 2.24) is 4.90 Å². The van der Waals surface area contributed by atoms with E-state index in [0.717, 1.165) is 25.6 Å². The molecule has 1 N–H and O–H groups in total. The third-order valence-electron chi connectivity index (χ3n) is 2.72. The largest absolute Gasteiger partial charge is 0.389 e. The van der Waals surface area contributed by atoms with Gasteiger partial charge in [-0.2, -0.15) is 0 Å². The molecule has 0 aliphatic carbocycles. The van der Waals surface area contributed by atoms with Crippen LogP contribution >= 0.6 is 0 Å². The lowest BCUT2D eigenvalue weighted by atomic mass is 10.2. The first-order valence-corrected chi connectivity index (χ1v) is 5.69. The van der Waals surface area contributed by atoms with Crippen LogP contribution in [0.15, 0.2) is 0 Å². The molecule has 0 saturated carbocycles. The maximum absolute atomic E-state index is 9.69. The molecule has 0 aromatic rings. The van der Waals surface area contributed by atoms with Crippen LogP contribution in [0.4, 0.5) is 0 Å². The van der Waals surface area contributed by atoms with Crippen molar-refractivity contribution >= 4 is 0 Å². The summed E-state index contributed by atoms with van der Waals surface area (Å²) in [5.74, 6) is 0.770. The lowest BCUT2D eigenvalue weighted by Gasteiger charge is -2.19. The highest BCUT2D eigenvalue weighted by molar-refractivity contribution is 4.74. The third-order valence-corrected chi connectivity index (χ3v) is 2.72. The highest BCUT2D eigenvalue weighted by atomic mass is 16.5. The van der Waals surface area contributed by atoms with Crippen LogP contribution in [-0.2, 0) is 9.47 Å². The summed E-state index contributed by atoms with van der Waals surface area (Å²) in [6.07, 6.45) is 0.879. The van der Waals surface area contributed by atoms with Gasteiger partial charge in [-0.3, -0.25) is 0 Å². The summed E-state index contributed by atoms with van der Waals surface area (Å²) in [7, 11) is 1.64. The Bertz CT molecular complexity index is 166. The number of methoxy groups -OCH3 is 1. The van der Waals surface area contributed by atoms with Gasteiger partial charge in [-0.1, -0.05) is 6.92 Å². The normalized spacial score (nSPS) is 24.6. The quantitative estimate of drug-likeness (QED) is 0.625. The maximum Gasteiger partial charge on any atom is 0.0900 e. The number of ether oxygens (including phenoxy) is 2. The highest BCUT2D eigenvalue weighted by Gasteiger charge is 2.20. The van der Waals surface area contributed by atoms with Crippen molar-refractivity contribution in [3.8, 4) is 0 Å². The van der Waals surface area contributed by atoms with E-state index in [-0.39, 0.29) is 6.10 Å². The van der Waals surface area contributed by atoms with Crippen molar-refractivity contribution in [2.75, 3.05) is 46.6 Å². The van der Waals surface area contributed by atoms with Crippen LogP contribution in [0.25, 0.3) is 0 Å². The zero-order valence-corrected chi connectivity index (χ0v) is 9.82. The molecule has 4 nitrogen and oxygen atoms in total. The van der Waals surface area contributed by atoms with Crippen molar-refractivity contribution in [2.24, 2.45) is 5.92 Å². The van der Waals surface area contributed by atoms with Crippen molar-refractivity contribution in [3.05, 3.63) is 0 Å². The van der Waals surface area contributed by atoms with Crippen LogP contribution in [0.2, 0.25) is 0 Å². The number of hydrogen-bond acceptors (Lipinski definition) is 4. The molecule has 2 unspecified atom stereocenters. The summed E-state index contributed by atoms with van der Waals surface area (Å²) in [5, 5.41) is 9.69. The average molecular weight is 217 g/mol. The highest BCUT2D eigenvalue weighted by Crippen LogP contribution is 2.14. The molecule has 1 aliphatic rings. The summed E-state index contributed by atoms with van der Waals surface area (Å²) < 4.78 is 10.1. The number of nitrogens with zero attached hydrogens (tertiary/aromatic N) is 1. The first-order chi connectivity index (χ1) is 7.22. The SMILES string of the molecule is COCCOCC(O)CN1CCC(C)C1. The standard InChI is InChI=1S/C11H23NO3/c1-10-3-4-12(7-10)8-11(13)9-15-6-5-14-2/h10-11,13H,3-9H2,1-2H3. The second kappa shape index (κ2) is 7.17. The van der Waals surface area contributed by atoms with Crippen LogP contribution in [-0.4, -0.2) is 62.7 Å². The van der Waals surface area contributed by atoms with E-state index in [0.29, 0.717) is 19.8 Å². The number of aliphatic hydroxyl groups is 1. The molecule has 0 amide bonds. The number of likely N-dealkylation sites (tertiary alicyclic amines) is 1. The zero-order valence-electron chi connectivity index (χ0n) is 9.82. The molecule has 1 fully saturated rings. The number of β-amino-alcohol motifs (C(OH)–C–C–N with tert-alkyl or cyclic N) is 1. The van der Waals surface area contributed by atoms with Gasteiger partial charge in [0.05, 0.1) is 25.9 Å². The van der Waals surface area contributed by atoms with Gasteiger partial charge in [0.2, 0.25) is 0 Å². The topological polar surface area (TPSA) is 41.9 Å². The molecule has 0 bridgehead atoms. The first kappa shape index (κ1) is 12.9. The van der Waals surface area contributed by atoms with Crippen LogP contribution in [0.3, 0.4) is 0 Å². The van der Waals surface area contributed by atoms with E-state index in [1.807, 2.05) is 0 Å². The number of rotatable bonds is 7. The van der Waals surface area contributed by atoms with Crippen molar-refractivity contribution < 1.29 is 14.6 Å². The van der Waals surface area contributed by atoms with Crippen LogP contribution in [0, 0.1) is 5.92 Å². The summed E-state index contributed by atoms with van der Waals surface area (Å²) in [6, 6.07) is 0. The van der Waals surface area contributed by atoms with E-state index in [9.17, 15) is 5.11 Å². The Hall–Kier alpha value is -0.160. The first-order valence-electron chi connectivity index (χ1n) is 5.69. The molecule has 1 rings (SSSR count). The van der Waals surface area contributed by atoms with Gasteiger partial charge in [0.25, 0.3) is 0 Å². The van der Waals surface area contributed by atoms with E-state index in [2.05, 4.69) is 11.8 Å². The Labute approximate surface area is 92.2 Å². The molecule has 0 aromatic carbocycles. The van der Waals surface area contributed by atoms with Gasteiger partial charge in [0, 0.05) is 20.2 Å². The Morgan fingerprint density at radius 3 is 2.87 bits per heavy atom. The fourth-order valence-corrected chi connectivity index (χ4v) is 1.90. The van der Waals surface area contributed by atoms with Gasteiger partial charge in [-0.25, -0.2) is 0 Å². The molecular formula is C11H23NO3. The van der Waals surface area contributed by atoms with Crippen molar-refractivity contribution in [2.45, 2.75) is 19.4 Å².